The molecule has 28 heavy (non-hydrogen) atoms. The Morgan fingerprint density at radius 1 is 0.571 bits per heavy atom. The fraction of sp³-hybridized carbons (Fsp3) is 0.667. The van der Waals surface area contributed by atoms with Crippen molar-refractivity contribution in [2.24, 2.45) is 0 Å². The van der Waals surface area contributed by atoms with Crippen LogP contribution in [0.15, 0.2) is 0 Å². The molecule has 13 nitrogen and oxygen atoms in total. The summed E-state index contributed by atoms with van der Waals surface area (Å²) in [6, 6.07) is 0. The summed E-state index contributed by atoms with van der Waals surface area (Å²) >= 11 is 0. The summed E-state index contributed by atoms with van der Waals surface area (Å²) in [4.78, 5) is 37.4. The average molecular weight is 461 g/mol. The van der Waals surface area contributed by atoms with Crippen LogP contribution in [0, 0.1) is 12.4 Å². The minimum atomic E-state index is -1.44. The van der Waals surface area contributed by atoms with Gasteiger partial charge in [0.2, 0.25) is 0 Å². The molecule has 0 heterocycles. The van der Waals surface area contributed by atoms with Gasteiger partial charge < -0.3 is 65.5 Å². The molecule has 0 aromatic heterocycles. The molecule has 0 aromatic rings. The van der Waals surface area contributed by atoms with Crippen molar-refractivity contribution < 1.29 is 107 Å². The molecule has 4 atom stereocenters. The molecule has 0 saturated carbocycles. The van der Waals surface area contributed by atoms with Crippen LogP contribution in [-0.2, 0) is 19.2 Å². The third kappa shape index (κ3) is 63.7. The van der Waals surface area contributed by atoms with E-state index < -0.39 is 48.3 Å². The predicted octanol–water partition coefficient (Wildman–Crippen LogP) is -11.6. The third-order valence-corrected chi connectivity index (χ3v) is 1.36. The summed E-state index contributed by atoms with van der Waals surface area (Å²) in [5, 5.41) is 69.2. The van der Waals surface area contributed by atoms with Crippen LogP contribution >= 0.6 is 0 Å². The Balaban J connectivity index is -0.0000000303. The molecule has 0 aliphatic rings. The molecule has 0 spiro atoms. The summed E-state index contributed by atoms with van der Waals surface area (Å²) in [6.45, 7) is 4.54. The molecule has 0 fully saturated rings. The molecule has 16 heteroatoms. The molecular weight excluding hydrogens is 438 g/mol. The predicted molar refractivity (Wildman–Crippen MR) is 77.2 cm³/mol. The first-order chi connectivity index (χ1) is 10.6. The normalized spacial score (nSPS) is 11.7. The largest absolute Gasteiger partial charge is 3.00 e. The van der Waals surface area contributed by atoms with Crippen molar-refractivity contribution in [1.29, 1.82) is 0 Å². The van der Waals surface area contributed by atoms with Crippen LogP contribution in [0.5, 0.6) is 0 Å². The molecule has 0 amide bonds. The number of hydrogen-bond donors (Lipinski definition) is 4. The van der Waals surface area contributed by atoms with E-state index in [1.807, 2.05) is 0 Å². The fourth-order valence-electron chi connectivity index (χ4n) is 0. The Morgan fingerprint density at radius 2 is 0.607 bits per heavy atom. The molecule has 0 radical (unpaired) electrons. The van der Waals surface area contributed by atoms with Crippen LogP contribution in [0.4, 0.5) is 0 Å². The second kappa shape index (κ2) is 31.2. The van der Waals surface area contributed by atoms with Crippen molar-refractivity contribution in [3.63, 3.8) is 0 Å². The van der Waals surface area contributed by atoms with Gasteiger partial charge in [0.15, 0.2) is 0 Å². The zero-order valence-electron chi connectivity index (χ0n) is 15.8. The maximum atomic E-state index is 9.34. The van der Waals surface area contributed by atoms with Crippen molar-refractivity contribution in [2.45, 2.75) is 52.1 Å². The number of aliphatic carboxylic acids is 4. The molecule has 0 aliphatic heterocycles. The van der Waals surface area contributed by atoms with Gasteiger partial charge in [0.05, 0.1) is 60.7 Å². The Bertz CT molecular complexity index is 320. The van der Waals surface area contributed by atoms with Gasteiger partial charge in [-0.05, 0) is 27.7 Å². The van der Waals surface area contributed by atoms with Crippen LogP contribution in [0.25, 0.3) is 0 Å². The molecule has 0 bridgehead atoms. The summed E-state index contributed by atoms with van der Waals surface area (Å²) in [5.74, 6) is -5.74. The minimum absolute atomic E-state index is 0. The Hall–Kier alpha value is -0.498. The molecule has 0 rings (SSSR count). The van der Waals surface area contributed by atoms with Gasteiger partial charge in [-0.1, -0.05) is 0 Å². The van der Waals surface area contributed by atoms with Crippen molar-refractivity contribution >= 4 is 41.2 Å². The second-order valence-electron chi connectivity index (χ2n) is 3.98. The first kappa shape index (κ1) is 50.8. The van der Waals surface area contributed by atoms with E-state index in [2.05, 4.69) is 0 Å². The molecule has 0 aromatic carbocycles. The molecule has 5 N–H and O–H groups in total. The number of carboxylic acid groups (broad SMARTS) is 4. The summed E-state index contributed by atoms with van der Waals surface area (Å²) in [7, 11) is 0. The smallest absolute Gasteiger partial charge is 0.870 e. The SMILES string of the molecule is CC(O)C(=O)[O-].CC(O)C(=O)[O-].CC(O)C(=O)[O-].CC(O)C(=O)[O-].[Al+3].[ClH2+].[Na+].[OH-]. The Morgan fingerprint density at radius 3 is 0.607 bits per heavy atom. The number of rotatable bonds is 4. The van der Waals surface area contributed by atoms with Crippen LogP contribution in [0.2, 0.25) is 0 Å². The number of aliphatic hydroxyl groups is 4. The van der Waals surface area contributed by atoms with Crippen molar-refractivity contribution in [2.75, 3.05) is 0 Å². The van der Waals surface area contributed by atoms with Crippen LogP contribution < -0.4 is 50.0 Å². The average Bonchev–Trinajstić information content (AvgIpc) is 2.40. The minimum Gasteiger partial charge on any atom is -0.870 e. The van der Waals surface area contributed by atoms with Gasteiger partial charge in [0.25, 0.3) is 0 Å². The van der Waals surface area contributed by atoms with E-state index in [1.54, 1.807) is 0 Å². The number of carboxylic acids is 4. The first-order valence-corrected chi connectivity index (χ1v) is 6.13. The van der Waals surface area contributed by atoms with E-state index in [0.29, 0.717) is 0 Å². The topological polar surface area (TPSA) is 271 Å². The van der Waals surface area contributed by atoms with Gasteiger partial charge in [-0.3, -0.25) is 0 Å². The van der Waals surface area contributed by atoms with Crippen molar-refractivity contribution in [3.05, 3.63) is 0 Å². The summed E-state index contributed by atoms with van der Waals surface area (Å²) < 4.78 is 0. The summed E-state index contributed by atoms with van der Waals surface area (Å²) in [5.41, 5.74) is 0. The van der Waals surface area contributed by atoms with E-state index in [1.165, 1.54) is 0 Å². The van der Waals surface area contributed by atoms with E-state index in [-0.39, 0.29) is 64.8 Å². The fourth-order valence-corrected chi connectivity index (χ4v) is 0. The number of aliphatic hydroxyl groups excluding tert-OH is 4. The Labute approximate surface area is 200 Å². The Kier molecular flexibility index (Phi) is 56.6. The van der Waals surface area contributed by atoms with Gasteiger partial charge >= 0.3 is 46.9 Å². The monoisotopic (exact) mass is 460 g/mol. The second-order valence-corrected chi connectivity index (χ2v) is 3.98. The molecule has 4 unspecified atom stereocenters. The van der Waals surface area contributed by atoms with Crippen LogP contribution in [0.3, 0.4) is 0 Å². The van der Waals surface area contributed by atoms with Gasteiger partial charge in [0, 0.05) is 0 Å². The number of carbonyl (C=O) groups is 4. The van der Waals surface area contributed by atoms with E-state index in [9.17, 15) is 39.6 Å². The third-order valence-electron chi connectivity index (χ3n) is 1.36. The molecular formula is C12H23AlClNaO13. The number of hydrogen-bond acceptors (Lipinski definition) is 13. The molecule has 0 aliphatic carbocycles. The van der Waals surface area contributed by atoms with Crippen molar-refractivity contribution in [3.8, 4) is 0 Å². The van der Waals surface area contributed by atoms with Crippen LogP contribution in [0.1, 0.15) is 27.7 Å². The maximum Gasteiger partial charge on any atom is 3.00 e. The van der Waals surface area contributed by atoms with E-state index in [0.717, 1.165) is 27.7 Å². The van der Waals surface area contributed by atoms with Crippen LogP contribution in [-0.4, -0.2) is 91.6 Å². The maximum absolute atomic E-state index is 9.34. The standard InChI is InChI=1S/4C3H6O3.Al.ClH2.Na.H2O/c4*1-2(4)3(5)6;;;;/h4*2,4H,1H3,(H,5,6);;1H2;;1H2/q;;;;+3;2*+1;/p-5. The van der Waals surface area contributed by atoms with E-state index in [4.69, 9.17) is 20.4 Å². The van der Waals surface area contributed by atoms with Gasteiger partial charge in [-0.25, -0.2) is 0 Å². The van der Waals surface area contributed by atoms with E-state index >= 15 is 0 Å². The summed E-state index contributed by atoms with van der Waals surface area (Å²) in [6.07, 6.45) is -5.37. The zero-order valence-corrected chi connectivity index (χ0v) is 19.9. The van der Waals surface area contributed by atoms with Gasteiger partial charge in [-0.2, -0.15) is 0 Å². The number of carbonyl (C=O) groups excluding carboxylic acids is 4. The molecule has 0 saturated heterocycles. The number of halogens is 1. The first-order valence-electron chi connectivity index (χ1n) is 6.13. The van der Waals surface area contributed by atoms with Crippen molar-refractivity contribution in [1.82, 2.24) is 0 Å². The quantitative estimate of drug-likeness (QED) is 0.284. The van der Waals surface area contributed by atoms with Gasteiger partial charge in [-0.15, -0.1) is 0 Å². The zero-order chi connectivity index (χ0) is 20.6. The van der Waals surface area contributed by atoms with Gasteiger partial charge in [0.1, 0.15) is 0 Å². The molecule has 160 valence electrons.